The van der Waals surface area contributed by atoms with Gasteiger partial charge in [-0.05, 0) is 17.7 Å². The van der Waals surface area contributed by atoms with Crippen molar-refractivity contribution in [1.82, 2.24) is 0 Å². The quantitative estimate of drug-likeness (QED) is 0.601. The van der Waals surface area contributed by atoms with Crippen molar-refractivity contribution < 1.29 is 9.90 Å². The van der Waals surface area contributed by atoms with Crippen LogP contribution >= 0.6 is 0 Å². The second-order valence-electron chi connectivity index (χ2n) is 2.12. The predicted molar refractivity (Wildman–Crippen MR) is 40.7 cm³/mol. The first-order chi connectivity index (χ1) is 5.24. The zero-order valence-corrected chi connectivity index (χ0v) is 5.82. The molecule has 0 saturated heterocycles. The molecule has 1 aromatic rings. The van der Waals surface area contributed by atoms with E-state index in [4.69, 9.17) is 10.8 Å². The number of carbonyl (C=O) groups is 1. The van der Waals surface area contributed by atoms with Gasteiger partial charge in [-0.1, -0.05) is 12.1 Å². The van der Waals surface area contributed by atoms with Gasteiger partial charge in [0.25, 0.3) is 0 Å². The summed E-state index contributed by atoms with van der Waals surface area (Å²) >= 11 is 0. The van der Waals surface area contributed by atoms with Crippen LogP contribution in [0, 0.1) is 6.04 Å². The molecule has 0 aliphatic heterocycles. The molecule has 1 aromatic carbocycles. The van der Waals surface area contributed by atoms with Crippen molar-refractivity contribution in [1.29, 1.82) is 0 Å². The third-order valence-electron chi connectivity index (χ3n) is 1.33. The maximum Gasteiger partial charge on any atom is 0.147 e. The lowest BCUT2D eigenvalue weighted by Gasteiger charge is -2.01. The van der Waals surface area contributed by atoms with Gasteiger partial charge in [0.15, 0.2) is 0 Å². The molecule has 0 fully saturated rings. The van der Waals surface area contributed by atoms with Crippen molar-refractivity contribution in [3.8, 4) is 5.75 Å². The average molecular weight is 150 g/mol. The van der Waals surface area contributed by atoms with Gasteiger partial charge in [-0.25, -0.2) is 0 Å². The SMILES string of the molecule is N[C](C=O)c1ccc(O)cc1. The zero-order chi connectivity index (χ0) is 8.27. The summed E-state index contributed by atoms with van der Waals surface area (Å²) in [7, 11) is 0. The van der Waals surface area contributed by atoms with E-state index in [9.17, 15) is 4.79 Å². The number of benzene rings is 1. The molecule has 57 valence electrons. The van der Waals surface area contributed by atoms with E-state index >= 15 is 0 Å². The highest BCUT2D eigenvalue weighted by molar-refractivity contribution is 5.74. The second kappa shape index (κ2) is 3.16. The molecular weight excluding hydrogens is 142 g/mol. The third-order valence-corrected chi connectivity index (χ3v) is 1.33. The molecule has 0 spiro atoms. The van der Waals surface area contributed by atoms with Crippen LogP contribution in [0.4, 0.5) is 0 Å². The van der Waals surface area contributed by atoms with Crippen LogP contribution in [0.1, 0.15) is 5.56 Å². The summed E-state index contributed by atoms with van der Waals surface area (Å²) in [6, 6.07) is 6.29. The topological polar surface area (TPSA) is 63.3 Å². The fourth-order valence-electron chi connectivity index (χ4n) is 0.722. The monoisotopic (exact) mass is 150 g/mol. The van der Waals surface area contributed by atoms with Crippen LogP contribution < -0.4 is 5.73 Å². The van der Waals surface area contributed by atoms with E-state index in [1.54, 1.807) is 12.1 Å². The summed E-state index contributed by atoms with van der Waals surface area (Å²) < 4.78 is 0. The first kappa shape index (κ1) is 7.75. The highest BCUT2D eigenvalue weighted by atomic mass is 16.3. The van der Waals surface area contributed by atoms with Gasteiger partial charge in [0.2, 0.25) is 0 Å². The second-order valence-corrected chi connectivity index (χ2v) is 2.12. The Morgan fingerprint density at radius 1 is 1.36 bits per heavy atom. The van der Waals surface area contributed by atoms with Gasteiger partial charge in [-0.2, -0.15) is 0 Å². The Kier molecular flexibility index (Phi) is 2.23. The molecule has 3 nitrogen and oxygen atoms in total. The van der Waals surface area contributed by atoms with Crippen molar-refractivity contribution in [3.63, 3.8) is 0 Å². The van der Waals surface area contributed by atoms with Crippen LogP contribution in [0.3, 0.4) is 0 Å². The van der Waals surface area contributed by atoms with Crippen LogP contribution in [0.2, 0.25) is 0 Å². The highest BCUT2D eigenvalue weighted by Gasteiger charge is 2.03. The fourth-order valence-corrected chi connectivity index (χ4v) is 0.722. The summed E-state index contributed by atoms with van der Waals surface area (Å²) in [6.45, 7) is 0. The van der Waals surface area contributed by atoms with E-state index in [1.165, 1.54) is 12.1 Å². The lowest BCUT2D eigenvalue weighted by molar-refractivity contribution is -0.106. The van der Waals surface area contributed by atoms with Crippen molar-refractivity contribution in [2.45, 2.75) is 0 Å². The van der Waals surface area contributed by atoms with E-state index in [1.807, 2.05) is 0 Å². The van der Waals surface area contributed by atoms with E-state index in [0.717, 1.165) is 0 Å². The minimum atomic E-state index is 0.160. The fraction of sp³-hybridized carbons (Fsp3) is 0. The lowest BCUT2D eigenvalue weighted by atomic mass is 10.1. The van der Waals surface area contributed by atoms with E-state index in [2.05, 4.69) is 0 Å². The molecule has 0 unspecified atom stereocenters. The molecule has 3 N–H and O–H groups in total. The Bertz CT molecular complexity index is 243. The number of hydrogen-bond acceptors (Lipinski definition) is 3. The Morgan fingerprint density at radius 2 is 1.91 bits per heavy atom. The van der Waals surface area contributed by atoms with Crippen molar-refractivity contribution >= 4 is 6.29 Å². The number of hydrogen-bond donors (Lipinski definition) is 2. The molecule has 0 amide bonds. The van der Waals surface area contributed by atoms with Gasteiger partial charge in [-0.15, -0.1) is 0 Å². The van der Waals surface area contributed by atoms with Gasteiger partial charge in [0, 0.05) is 0 Å². The average Bonchev–Trinajstić information content (AvgIpc) is 2.05. The molecule has 3 heteroatoms. The molecule has 0 saturated carbocycles. The highest BCUT2D eigenvalue weighted by Crippen LogP contribution is 2.12. The number of phenolic OH excluding ortho intramolecular Hbond substituents is 1. The number of phenols is 1. The molecule has 0 aliphatic rings. The molecule has 0 atom stereocenters. The van der Waals surface area contributed by atoms with Crippen LogP contribution in [0.15, 0.2) is 24.3 Å². The van der Waals surface area contributed by atoms with E-state index in [0.29, 0.717) is 11.8 Å². The first-order valence-electron chi connectivity index (χ1n) is 3.11. The number of rotatable bonds is 2. The number of aromatic hydroxyl groups is 1. The Balaban J connectivity index is 2.89. The molecule has 0 heterocycles. The van der Waals surface area contributed by atoms with Crippen LogP contribution in [0.25, 0.3) is 0 Å². The number of aldehydes is 1. The predicted octanol–water partition coefficient (Wildman–Crippen LogP) is 0.430. The molecule has 1 radical (unpaired) electrons. The summed E-state index contributed by atoms with van der Waals surface area (Å²) in [5, 5.41) is 8.87. The van der Waals surface area contributed by atoms with Crippen molar-refractivity contribution in [2.24, 2.45) is 5.73 Å². The van der Waals surface area contributed by atoms with Gasteiger partial charge in [0.1, 0.15) is 18.1 Å². The van der Waals surface area contributed by atoms with Crippen molar-refractivity contribution in [3.05, 3.63) is 35.9 Å². The number of carbonyl (C=O) groups excluding carboxylic acids is 1. The maximum absolute atomic E-state index is 10.2. The van der Waals surface area contributed by atoms with E-state index < -0.39 is 0 Å². The minimum absolute atomic E-state index is 0.160. The van der Waals surface area contributed by atoms with Crippen LogP contribution in [0.5, 0.6) is 5.75 Å². The standard InChI is InChI=1S/C8H8NO2/c9-8(5-10)6-1-3-7(11)4-2-6/h1-5,11H,9H2. The van der Waals surface area contributed by atoms with Gasteiger partial charge in [-0.3, -0.25) is 0 Å². The summed E-state index contributed by atoms with van der Waals surface area (Å²) in [5.74, 6) is 0.160. The molecule has 0 aliphatic carbocycles. The first-order valence-corrected chi connectivity index (χ1v) is 3.11. The molecule has 0 bridgehead atoms. The number of nitrogens with two attached hydrogens (primary N) is 1. The summed E-state index contributed by atoms with van der Waals surface area (Å²) in [4.78, 5) is 10.2. The Morgan fingerprint density at radius 3 is 2.36 bits per heavy atom. The lowest BCUT2D eigenvalue weighted by Crippen LogP contribution is -2.11. The molecular formula is C8H8NO2. The van der Waals surface area contributed by atoms with Crippen LogP contribution in [-0.2, 0) is 4.79 Å². The van der Waals surface area contributed by atoms with Gasteiger partial charge >= 0.3 is 0 Å². The Labute approximate surface area is 64.5 Å². The molecule has 1 rings (SSSR count). The maximum atomic E-state index is 10.2. The molecule has 11 heavy (non-hydrogen) atoms. The van der Waals surface area contributed by atoms with Gasteiger partial charge in [0.05, 0.1) is 0 Å². The van der Waals surface area contributed by atoms with Crippen molar-refractivity contribution in [2.75, 3.05) is 0 Å². The van der Waals surface area contributed by atoms with Gasteiger partial charge < -0.3 is 15.6 Å². The summed E-state index contributed by atoms with van der Waals surface area (Å²) in [6.07, 6.45) is 0.576. The smallest absolute Gasteiger partial charge is 0.147 e. The summed E-state index contributed by atoms with van der Waals surface area (Å²) in [5.41, 5.74) is 5.93. The van der Waals surface area contributed by atoms with Crippen LogP contribution in [-0.4, -0.2) is 11.4 Å². The normalized spacial score (nSPS) is 10.0. The third kappa shape index (κ3) is 1.78. The largest absolute Gasteiger partial charge is 0.508 e. The molecule has 0 aromatic heterocycles. The zero-order valence-electron chi connectivity index (χ0n) is 5.82. The minimum Gasteiger partial charge on any atom is -0.508 e. The van der Waals surface area contributed by atoms with E-state index in [-0.39, 0.29) is 11.8 Å². The Hall–Kier alpha value is -1.35.